The molecule has 2 aromatic heterocycles. The summed E-state index contributed by atoms with van der Waals surface area (Å²) in [5.74, 6) is -0.319. The van der Waals surface area contributed by atoms with Gasteiger partial charge in [0.1, 0.15) is 11.8 Å². The van der Waals surface area contributed by atoms with Gasteiger partial charge >= 0.3 is 0 Å². The fourth-order valence-corrected chi connectivity index (χ4v) is 3.25. The molecule has 0 saturated heterocycles. The summed E-state index contributed by atoms with van der Waals surface area (Å²) >= 11 is 0.976. The third kappa shape index (κ3) is 6.59. The van der Waals surface area contributed by atoms with Crippen molar-refractivity contribution >= 4 is 28.5 Å². The van der Waals surface area contributed by atoms with Crippen molar-refractivity contribution in [1.82, 2.24) is 9.97 Å². The van der Waals surface area contributed by atoms with Gasteiger partial charge in [-0.1, -0.05) is 11.8 Å². The van der Waals surface area contributed by atoms with Crippen molar-refractivity contribution in [3.63, 3.8) is 0 Å². The molecule has 10 heteroatoms. The summed E-state index contributed by atoms with van der Waals surface area (Å²) in [4.78, 5) is 23.4. The van der Waals surface area contributed by atoms with Crippen LogP contribution in [0.15, 0.2) is 47.8 Å². The SMILES string of the molecule is C[C@H]1CC(C(F)F)SC(N)=N1.N#Cc1ccc(C(=O)Nc2ccncc2)nc1. The number of carbonyl (C=O) groups excluding carboxylic acids is 1. The molecular weight excluding hydrogens is 386 g/mol. The Hall–Kier alpha value is -3.06. The first-order valence-electron chi connectivity index (χ1n) is 8.24. The van der Waals surface area contributed by atoms with Gasteiger partial charge in [0.25, 0.3) is 12.3 Å². The summed E-state index contributed by atoms with van der Waals surface area (Å²) in [6.07, 6.45) is 2.66. The van der Waals surface area contributed by atoms with Gasteiger partial charge in [0.15, 0.2) is 5.17 Å². The maximum atomic E-state index is 12.1. The first-order chi connectivity index (χ1) is 13.4. The molecule has 0 aliphatic carbocycles. The molecule has 7 nitrogen and oxygen atoms in total. The van der Waals surface area contributed by atoms with E-state index in [0.29, 0.717) is 17.7 Å². The zero-order chi connectivity index (χ0) is 20.5. The van der Waals surface area contributed by atoms with E-state index in [1.54, 1.807) is 37.5 Å². The number of nitrogens with two attached hydrogens (primary N) is 1. The largest absolute Gasteiger partial charge is 0.379 e. The average Bonchev–Trinajstić information content (AvgIpc) is 2.68. The molecule has 2 aromatic rings. The minimum absolute atomic E-state index is 0.0600. The Morgan fingerprint density at radius 1 is 1.36 bits per heavy atom. The van der Waals surface area contributed by atoms with Crippen LogP contribution in [0.4, 0.5) is 14.5 Å². The van der Waals surface area contributed by atoms with Gasteiger partial charge in [0.05, 0.1) is 16.9 Å². The number of anilines is 1. The van der Waals surface area contributed by atoms with Crippen molar-refractivity contribution in [3.8, 4) is 6.07 Å². The number of pyridine rings is 2. The highest BCUT2D eigenvalue weighted by atomic mass is 32.2. The van der Waals surface area contributed by atoms with Crippen molar-refractivity contribution in [2.45, 2.75) is 31.1 Å². The lowest BCUT2D eigenvalue weighted by atomic mass is 10.2. The molecule has 2 atom stereocenters. The molecule has 3 heterocycles. The van der Waals surface area contributed by atoms with Gasteiger partial charge in [-0.25, -0.2) is 13.8 Å². The Morgan fingerprint density at radius 3 is 2.61 bits per heavy atom. The number of amides is 1. The number of aromatic nitrogens is 2. The predicted octanol–water partition coefficient (Wildman–Crippen LogP) is 3.06. The maximum absolute atomic E-state index is 12.1. The molecule has 0 fully saturated rings. The van der Waals surface area contributed by atoms with E-state index >= 15 is 0 Å². The molecule has 0 spiro atoms. The third-order valence-electron chi connectivity index (χ3n) is 3.54. The molecule has 1 aliphatic heterocycles. The van der Waals surface area contributed by atoms with Crippen LogP contribution < -0.4 is 11.1 Å². The summed E-state index contributed by atoms with van der Waals surface area (Å²) in [5.41, 5.74) is 6.67. The number of rotatable bonds is 3. The van der Waals surface area contributed by atoms with E-state index in [-0.39, 0.29) is 22.8 Å². The molecule has 146 valence electrons. The quantitative estimate of drug-likeness (QED) is 0.812. The second kappa shape index (κ2) is 10.3. The lowest BCUT2D eigenvalue weighted by Crippen LogP contribution is -2.29. The number of carbonyl (C=O) groups is 1. The lowest BCUT2D eigenvalue weighted by Gasteiger charge is -2.22. The van der Waals surface area contributed by atoms with Crippen LogP contribution in [0.3, 0.4) is 0 Å². The summed E-state index contributed by atoms with van der Waals surface area (Å²) in [5, 5.41) is 10.9. The first kappa shape index (κ1) is 21.2. The van der Waals surface area contributed by atoms with Crippen LogP contribution >= 0.6 is 11.8 Å². The van der Waals surface area contributed by atoms with Crippen LogP contribution in [0.1, 0.15) is 29.4 Å². The van der Waals surface area contributed by atoms with Crippen LogP contribution in [-0.2, 0) is 0 Å². The molecule has 1 aliphatic rings. The minimum Gasteiger partial charge on any atom is -0.379 e. The van der Waals surface area contributed by atoms with E-state index in [1.165, 1.54) is 12.3 Å². The zero-order valence-corrected chi connectivity index (χ0v) is 15.7. The van der Waals surface area contributed by atoms with E-state index in [4.69, 9.17) is 11.0 Å². The van der Waals surface area contributed by atoms with E-state index in [1.807, 2.05) is 6.07 Å². The fourth-order valence-electron chi connectivity index (χ4n) is 2.22. The topological polar surface area (TPSA) is 117 Å². The van der Waals surface area contributed by atoms with E-state index in [9.17, 15) is 13.6 Å². The van der Waals surface area contributed by atoms with Crippen LogP contribution in [0.25, 0.3) is 0 Å². The van der Waals surface area contributed by atoms with Gasteiger partial charge in [-0.2, -0.15) is 5.26 Å². The standard InChI is InChI=1S/C12H8N4O.C6H10F2N2S/c13-7-9-1-2-11(15-8-9)12(17)16-10-3-5-14-6-4-10;1-3-2-4(5(7)8)11-6(9)10-3/h1-6,8H,(H,14,16,17);3-5H,2H2,1H3,(H2,9,10)/t;3-,4?/m.0/s1. The van der Waals surface area contributed by atoms with E-state index in [0.717, 1.165) is 11.8 Å². The van der Waals surface area contributed by atoms with Gasteiger partial charge in [0.2, 0.25) is 0 Å². The molecule has 0 aromatic carbocycles. The summed E-state index contributed by atoms with van der Waals surface area (Å²) in [7, 11) is 0. The second-order valence-electron chi connectivity index (χ2n) is 5.78. The first-order valence-corrected chi connectivity index (χ1v) is 9.12. The Labute approximate surface area is 165 Å². The van der Waals surface area contributed by atoms with E-state index in [2.05, 4.69) is 20.3 Å². The molecule has 0 radical (unpaired) electrons. The highest BCUT2D eigenvalue weighted by molar-refractivity contribution is 8.14. The molecule has 0 saturated carbocycles. The highest BCUT2D eigenvalue weighted by Gasteiger charge is 2.27. The van der Waals surface area contributed by atoms with Gasteiger partial charge in [-0.15, -0.1) is 0 Å². The number of nitriles is 1. The number of nitrogens with one attached hydrogen (secondary N) is 1. The molecule has 28 heavy (non-hydrogen) atoms. The predicted molar refractivity (Wildman–Crippen MR) is 104 cm³/mol. The normalized spacial score (nSPS) is 18.3. The highest BCUT2D eigenvalue weighted by Crippen LogP contribution is 2.28. The molecular formula is C18H18F2N6OS. The maximum Gasteiger partial charge on any atom is 0.274 e. The van der Waals surface area contributed by atoms with Gasteiger partial charge in [0, 0.05) is 24.3 Å². The number of aliphatic imine (C=N–C) groups is 1. The van der Waals surface area contributed by atoms with Gasteiger partial charge in [-0.3, -0.25) is 14.8 Å². The summed E-state index contributed by atoms with van der Waals surface area (Å²) < 4.78 is 24.3. The average molecular weight is 404 g/mol. The molecule has 0 bridgehead atoms. The molecule has 1 unspecified atom stereocenters. The second-order valence-corrected chi connectivity index (χ2v) is 7.04. The number of alkyl halides is 2. The Bertz CT molecular complexity index is 855. The number of halogens is 2. The van der Waals surface area contributed by atoms with Crippen molar-refractivity contribution in [2.75, 3.05) is 5.32 Å². The van der Waals surface area contributed by atoms with Crippen LogP contribution in [0.5, 0.6) is 0 Å². The monoisotopic (exact) mass is 404 g/mol. The number of nitrogens with zero attached hydrogens (tertiary/aromatic N) is 4. The van der Waals surface area contributed by atoms with Crippen molar-refractivity contribution in [2.24, 2.45) is 10.7 Å². The van der Waals surface area contributed by atoms with Gasteiger partial charge in [-0.05, 0) is 37.6 Å². The zero-order valence-electron chi connectivity index (χ0n) is 14.9. The van der Waals surface area contributed by atoms with Crippen LogP contribution in [0, 0.1) is 11.3 Å². The minimum atomic E-state index is -2.29. The van der Waals surface area contributed by atoms with Crippen LogP contribution in [-0.4, -0.2) is 38.8 Å². The van der Waals surface area contributed by atoms with Crippen molar-refractivity contribution in [1.29, 1.82) is 5.26 Å². The lowest BCUT2D eigenvalue weighted by molar-refractivity contribution is 0.102. The van der Waals surface area contributed by atoms with Crippen molar-refractivity contribution in [3.05, 3.63) is 54.1 Å². The molecule has 3 rings (SSSR count). The Morgan fingerprint density at radius 2 is 2.07 bits per heavy atom. The number of hydrogen-bond acceptors (Lipinski definition) is 7. The fraction of sp³-hybridized carbons (Fsp3) is 0.278. The number of amidine groups is 1. The van der Waals surface area contributed by atoms with Crippen molar-refractivity contribution < 1.29 is 13.6 Å². The third-order valence-corrected chi connectivity index (χ3v) is 4.59. The number of thioether (sulfide) groups is 1. The smallest absolute Gasteiger partial charge is 0.274 e. The molecule has 3 N–H and O–H groups in total. The number of hydrogen-bond donors (Lipinski definition) is 2. The summed E-state index contributed by atoms with van der Waals surface area (Å²) in [6, 6.07) is 8.30. The van der Waals surface area contributed by atoms with E-state index < -0.39 is 11.7 Å². The van der Waals surface area contributed by atoms with Gasteiger partial charge < -0.3 is 11.1 Å². The summed E-state index contributed by atoms with van der Waals surface area (Å²) in [6.45, 7) is 1.79. The molecule has 1 amide bonds. The Balaban J connectivity index is 0.000000221. The Kier molecular flexibility index (Phi) is 7.83. The van der Waals surface area contributed by atoms with Crippen LogP contribution in [0.2, 0.25) is 0 Å².